The standard InChI is InChI=1S/C22H30N4O5/c1-12(2)9-18(20(28)24-13(3)22(30)31)26-21(29)19(25-14(4)27)10-15-11-23-17-8-6-5-7-16(15)17/h5-8,11-13,18-19,23H,9-10H2,1-4H3,(H,24,28)(H,25,27)(H,26,29)(H,30,31)/t13-,18-,19-/m0/s1. The summed E-state index contributed by atoms with van der Waals surface area (Å²) in [6.07, 6.45) is 2.35. The smallest absolute Gasteiger partial charge is 0.325 e. The summed E-state index contributed by atoms with van der Waals surface area (Å²) in [5, 5.41) is 17.7. The minimum absolute atomic E-state index is 0.0732. The number of rotatable bonds is 10. The summed E-state index contributed by atoms with van der Waals surface area (Å²) < 4.78 is 0. The maximum absolute atomic E-state index is 13.0. The van der Waals surface area contributed by atoms with Gasteiger partial charge in [0.1, 0.15) is 18.1 Å². The number of carboxylic acid groups (broad SMARTS) is 1. The van der Waals surface area contributed by atoms with Crippen LogP contribution in [-0.2, 0) is 25.6 Å². The summed E-state index contributed by atoms with van der Waals surface area (Å²) in [4.78, 5) is 51.5. The second-order valence-electron chi connectivity index (χ2n) is 8.08. The fourth-order valence-electron chi connectivity index (χ4n) is 3.33. The Morgan fingerprint density at radius 2 is 1.61 bits per heavy atom. The highest BCUT2D eigenvalue weighted by Crippen LogP contribution is 2.19. The first-order valence-corrected chi connectivity index (χ1v) is 10.2. The van der Waals surface area contributed by atoms with Gasteiger partial charge in [0.2, 0.25) is 17.7 Å². The van der Waals surface area contributed by atoms with E-state index in [1.807, 2.05) is 38.1 Å². The quantitative estimate of drug-likeness (QED) is 0.387. The molecule has 0 radical (unpaired) electrons. The Morgan fingerprint density at radius 3 is 2.23 bits per heavy atom. The van der Waals surface area contributed by atoms with Gasteiger partial charge in [0.05, 0.1) is 0 Å². The van der Waals surface area contributed by atoms with Crippen LogP contribution in [0.5, 0.6) is 0 Å². The molecule has 0 spiro atoms. The lowest BCUT2D eigenvalue weighted by atomic mass is 10.0. The topological polar surface area (TPSA) is 140 Å². The second kappa shape index (κ2) is 10.6. The minimum Gasteiger partial charge on any atom is -0.480 e. The van der Waals surface area contributed by atoms with E-state index in [4.69, 9.17) is 5.11 Å². The van der Waals surface area contributed by atoms with Crippen LogP contribution in [0.3, 0.4) is 0 Å². The van der Waals surface area contributed by atoms with Gasteiger partial charge in [-0.05, 0) is 30.9 Å². The molecule has 1 aromatic carbocycles. The summed E-state index contributed by atoms with van der Waals surface area (Å²) in [6, 6.07) is 4.72. The summed E-state index contributed by atoms with van der Waals surface area (Å²) in [7, 11) is 0. The highest BCUT2D eigenvalue weighted by Gasteiger charge is 2.29. The molecule has 0 aliphatic heterocycles. The number of aromatic amines is 1. The number of benzene rings is 1. The Hall–Kier alpha value is -3.36. The molecule has 0 bridgehead atoms. The predicted octanol–water partition coefficient (Wildman–Crippen LogP) is 1.34. The summed E-state index contributed by atoms with van der Waals surface area (Å²) in [5.74, 6) is -2.55. The lowest BCUT2D eigenvalue weighted by Crippen LogP contribution is -2.56. The van der Waals surface area contributed by atoms with Gasteiger partial charge in [0.25, 0.3) is 0 Å². The Kier molecular flexibility index (Phi) is 8.18. The molecule has 9 heteroatoms. The number of amides is 3. The SMILES string of the molecule is CC(=O)N[C@@H](Cc1c[nH]c2ccccc12)C(=O)N[C@@H](CC(C)C)C(=O)N[C@@H](C)C(=O)O. The molecule has 31 heavy (non-hydrogen) atoms. The molecule has 0 fully saturated rings. The normalized spacial score (nSPS) is 14.0. The monoisotopic (exact) mass is 430 g/mol. The highest BCUT2D eigenvalue weighted by molar-refractivity contribution is 5.93. The van der Waals surface area contributed by atoms with Gasteiger partial charge in [-0.25, -0.2) is 0 Å². The fourth-order valence-corrected chi connectivity index (χ4v) is 3.33. The molecule has 2 aromatic rings. The Labute approximate surface area is 181 Å². The van der Waals surface area contributed by atoms with Crippen LogP contribution in [0.1, 0.15) is 39.7 Å². The van der Waals surface area contributed by atoms with Crippen molar-refractivity contribution < 1.29 is 24.3 Å². The molecular weight excluding hydrogens is 400 g/mol. The lowest BCUT2D eigenvalue weighted by Gasteiger charge is -2.24. The third-order valence-corrected chi connectivity index (χ3v) is 4.86. The highest BCUT2D eigenvalue weighted by atomic mass is 16.4. The summed E-state index contributed by atoms with van der Waals surface area (Å²) >= 11 is 0. The molecule has 9 nitrogen and oxygen atoms in total. The average molecular weight is 431 g/mol. The first-order chi connectivity index (χ1) is 14.6. The second-order valence-corrected chi connectivity index (χ2v) is 8.08. The van der Waals surface area contributed by atoms with Crippen LogP contribution in [0.15, 0.2) is 30.5 Å². The van der Waals surface area contributed by atoms with Crippen molar-refractivity contribution >= 4 is 34.6 Å². The number of nitrogens with one attached hydrogen (secondary N) is 4. The number of aromatic nitrogens is 1. The Morgan fingerprint density at radius 1 is 0.968 bits per heavy atom. The molecule has 1 aromatic heterocycles. The van der Waals surface area contributed by atoms with Crippen molar-refractivity contribution in [2.24, 2.45) is 5.92 Å². The zero-order chi connectivity index (χ0) is 23.1. The van der Waals surface area contributed by atoms with E-state index in [1.165, 1.54) is 13.8 Å². The van der Waals surface area contributed by atoms with Gasteiger partial charge in [-0.15, -0.1) is 0 Å². The number of fused-ring (bicyclic) bond motifs is 1. The molecular formula is C22H30N4O5. The van der Waals surface area contributed by atoms with Crippen LogP contribution in [0, 0.1) is 5.92 Å². The first kappa shape index (κ1) is 23.9. The van der Waals surface area contributed by atoms with Gasteiger partial charge >= 0.3 is 5.97 Å². The maximum Gasteiger partial charge on any atom is 0.325 e. The van der Waals surface area contributed by atoms with Crippen molar-refractivity contribution in [1.82, 2.24) is 20.9 Å². The largest absolute Gasteiger partial charge is 0.480 e. The number of carbonyl (C=O) groups excluding carboxylic acids is 3. The molecule has 0 aliphatic rings. The molecule has 0 saturated carbocycles. The van der Waals surface area contributed by atoms with E-state index in [-0.39, 0.29) is 18.2 Å². The first-order valence-electron chi connectivity index (χ1n) is 10.2. The van der Waals surface area contributed by atoms with Crippen molar-refractivity contribution in [3.05, 3.63) is 36.0 Å². The molecule has 3 atom stereocenters. The zero-order valence-electron chi connectivity index (χ0n) is 18.2. The molecule has 0 aliphatic carbocycles. The van der Waals surface area contributed by atoms with E-state index in [9.17, 15) is 19.2 Å². The van der Waals surface area contributed by atoms with Crippen LogP contribution < -0.4 is 16.0 Å². The molecule has 0 saturated heterocycles. The van der Waals surface area contributed by atoms with Gasteiger partial charge < -0.3 is 26.0 Å². The fraction of sp³-hybridized carbons (Fsp3) is 0.455. The maximum atomic E-state index is 13.0. The average Bonchev–Trinajstić information content (AvgIpc) is 3.09. The predicted molar refractivity (Wildman–Crippen MR) is 116 cm³/mol. The van der Waals surface area contributed by atoms with Crippen LogP contribution in [0.2, 0.25) is 0 Å². The molecule has 3 amide bonds. The van der Waals surface area contributed by atoms with Gasteiger partial charge in [0.15, 0.2) is 0 Å². The summed E-state index contributed by atoms with van der Waals surface area (Å²) in [6.45, 7) is 6.46. The van der Waals surface area contributed by atoms with Crippen molar-refractivity contribution in [2.45, 2.75) is 58.7 Å². The number of para-hydroxylation sites is 1. The Balaban J connectivity index is 2.20. The van der Waals surface area contributed by atoms with Gasteiger partial charge in [-0.3, -0.25) is 19.2 Å². The van der Waals surface area contributed by atoms with Crippen molar-refractivity contribution in [3.63, 3.8) is 0 Å². The van der Waals surface area contributed by atoms with E-state index < -0.39 is 35.9 Å². The lowest BCUT2D eigenvalue weighted by molar-refractivity contribution is -0.141. The van der Waals surface area contributed by atoms with Crippen LogP contribution in [0.4, 0.5) is 0 Å². The van der Waals surface area contributed by atoms with E-state index in [1.54, 1.807) is 6.20 Å². The van der Waals surface area contributed by atoms with E-state index in [0.717, 1.165) is 16.5 Å². The minimum atomic E-state index is -1.17. The zero-order valence-corrected chi connectivity index (χ0v) is 18.2. The van der Waals surface area contributed by atoms with E-state index in [2.05, 4.69) is 20.9 Å². The summed E-state index contributed by atoms with van der Waals surface area (Å²) in [5.41, 5.74) is 1.77. The number of hydrogen-bond acceptors (Lipinski definition) is 4. The number of aliphatic carboxylic acids is 1. The number of hydrogen-bond donors (Lipinski definition) is 5. The van der Waals surface area contributed by atoms with Gasteiger partial charge in [0, 0.05) is 30.4 Å². The van der Waals surface area contributed by atoms with Crippen molar-refractivity contribution in [2.75, 3.05) is 0 Å². The molecule has 2 rings (SSSR count). The van der Waals surface area contributed by atoms with Crippen LogP contribution >= 0.6 is 0 Å². The molecule has 0 unspecified atom stereocenters. The van der Waals surface area contributed by atoms with Gasteiger partial charge in [-0.2, -0.15) is 0 Å². The van der Waals surface area contributed by atoms with E-state index in [0.29, 0.717) is 6.42 Å². The number of carbonyl (C=O) groups is 4. The molecule has 1 heterocycles. The third-order valence-electron chi connectivity index (χ3n) is 4.86. The van der Waals surface area contributed by atoms with Crippen LogP contribution in [-0.4, -0.2) is 51.9 Å². The molecule has 5 N–H and O–H groups in total. The van der Waals surface area contributed by atoms with Crippen molar-refractivity contribution in [1.29, 1.82) is 0 Å². The Bertz CT molecular complexity index is 952. The van der Waals surface area contributed by atoms with Gasteiger partial charge in [-0.1, -0.05) is 32.0 Å². The number of H-pyrrole nitrogens is 1. The number of carboxylic acids is 1. The van der Waals surface area contributed by atoms with Crippen LogP contribution in [0.25, 0.3) is 10.9 Å². The third kappa shape index (κ3) is 6.84. The van der Waals surface area contributed by atoms with E-state index >= 15 is 0 Å². The van der Waals surface area contributed by atoms with Crippen molar-refractivity contribution in [3.8, 4) is 0 Å². The molecule has 168 valence electrons.